The molecule has 0 aliphatic rings. The van der Waals surface area contributed by atoms with Crippen LogP contribution in [0.2, 0.25) is 0 Å². The molecule has 94 valence electrons. The van der Waals surface area contributed by atoms with Crippen LogP contribution in [-0.4, -0.2) is 38.2 Å². The molecule has 17 heavy (non-hydrogen) atoms. The topological polar surface area (TPSA) is 63.2 Å². The average molecular weight is 237 g/mol. The number of anilines is 1. The molecular formula is C12H19N3O2. The van der Waals surface area contributed by atoms with Crippen LogP contribution in [0.5, 0.6) is 0 Å². The van der Waals surface area contributed by atoms with Gasteiger partial charge in [0.15, 0.2) is 0 Å². The molecule has 0 spiro atoms. The predicted molar refractivity (Wildman–Crippen MR) is 67.2 cm³/mol. The fraction of sp³-hybridized carbons (Fsp3) is 0.500. The number of methoxy groups -OCH3 is 1. The number of aromatic nitrogens is 1. The molecule has 2 N–H and O–H groups in total. The molecule has 1 amide bonds. The maximum atomic E-state index is 11.9. The summed E-state index contributed by atoms with van der Waals surface area (Å²) in [6, 6.07) is 3.49. The summed E-state index contributed by atoms with van der Waals surface area (Å²) in [6.07, 6.45) is 1.65. The Bertz CT molecular complexity index is 369. The van der Waals surface area contributed by atoms with Crippen molar-refractivity contribution in [1.29, 1.82) is 0 Å². The van der Waals surface area contributed by atoms with Crippen molar-refractivity contribution in [2.75, 3.05) is 32.6 Å². The first-order chi connectivity index (χ1) is 8.19. The van der Waals surface area contributed by atoms with E-state index in [9.17, 15) is 4.79 Å². The zero-order valence-corrected chi connectivity index (χ0v) is 10.5. The molecule has 1 heterocycles. The van der Waals surface area contributed by atoms with E-state index in [0.717, 1.165) is 0 Å². The molecule has 0 radical (unpaired) electrons. The fourth-order valence-electron chi connectivity index (χ4n) is 1.49. The molecule has 1 rings (SSSR count). The number of ether oxygens (including phenoxy) is 1. The van der Waals surface area contributed by atoms with Crippen molar-refractivity contribution >= 4 is 11.7 Å². The van der Waals surface area contributed by atoms with E-state index in [0.29, 0.717) is 30.5 Å². The highest BCUT2D eigenvalue weighted by Crippen LogP contribution is 2.10. The van der Waals surface area contributed by atoms with Gasteiger partial charge in [0.05, 0.1) is 12.2 Å². The standard InChI is InChI=1S/C12H19N3O2/c1-9(8-17-3)7-15-12(16)10-5-4-6-14-11(10)13-2/h4-6,9H,7-8H2,1-3H3,(H,13,14)(H,15,16). The van der Waals surface area contributed by atoms with Gasteiger partial charge in [0.25, 0.3) is 5.91 Å². The molecule has 0 aromatic carbocycles. The van der Waals surface area contributed by atoms with Crippen LogP contribution in [0, 0.1) is 5.92 Å². The number of hydrogen-bond donors (Lipinski definition) is 2. The Kier molecular flexibility index (Phi) is 5.42. The summed E-state index contributed by atoms with van der Waals surface area (Å²) < 4.78 is 5.01. The third kappa shape index (κ3) is 4.03. The first kappa shape index (κ1) is 13.4. The Hall–Kier alpha value is -1.62. The maximum Gasteiger partial charge on any atom is 0.255 e. The third-order valence-corrected chi connectivity index (χ3v) is 2.35. The maximum absolute atomic E-state index is 11.9. The SMILES string of the molecule is CNc1ncccc1C(=O)NCC(C)COC. The van der Waals surface area contributed by atoms with Crippen LogP contribution in [0.15, 0.2) is 18.3 Å². The lowest BCUT2D eigenvalue weighted by molar-refractivity contribution is 0.0934. The van der Waals surface area contributed by atoms with E-state index in [1.807, 2.05) is 6.92 Å². The molecule has 5 nitrogen and oxygen atoms in total. The van der Waals surface area contributed by atoms with Crippen molar-refractivity contribution in [2.24, 2.45) is 5.92 Å². The van der Waals surface area contributed by atoms with Gasteiger partial charge < -0.3 is 15.4 Å². The van der Waals surface area contributed by atoms with E-state index in [-0.39, 0.29) is 5.91 Å². The van der Waals surface area contributed by atoms with Gasteiger partial charge in [0.1, 0.15) is 5.82 Å². The zero-order valence-electron chi connectivity index (χ0n) is 10.5. The highest BCUT2D eigenvalue weighted by Gasteiger charge is 2.11. The largest absolute Gasteiger partial charge is 0.384 e. The number of hydrogen-bond acceptors (Lipinski definition) is 4. The summed E-state index contributed by atoms with van der Waals surface area (Å²) >= 11 is 0. The van der Waals surface area contributed by atoms with Crippen molar-refractivity contribution < 1.29 is 9.53 Å². The van der Waals surface area contributed by atoms with Crippen molar-refractivity contribution in [2.45, 2.75) is 6.92 Å². The van der Waals surface area contributed by atoms with Crippen molar-refractivity contribution in [3.8, 4) is 0 Å². The second-order valence-electron chi connectivity index (χ2n) is 3.92. The molecular weight excluding hydrogens is 218 g/mol. The van der Waals surface area contributed by atoms with Gasteiger partial charge in [-0.15, -0.1) is 0 Å². The molecule has 0 bridgehead atoms. The minimum Gasteiger partial charge on any atom is -0.384 e. The van der Waals surface area contributed by atoms with Gasteiger partial charge in [0.2, 0.25) is 0 Å². The highest BCUT2D eigenvalue weighted by atomic mass is 16.5. The number of rotatable bonds is 6. The van der Waals surface area contributed by atoms with Gasteiger partial charge in [-0.1, -0.05) is 6.92 Å². The van der Waals surface area contributed by atoms with E-state index < -0.39 is 0 Å². The van der Waals surface area contributed by atoms with E-state index >= 15 is 0 Å². The Morgan fingerprint density at radius 2 is 2.35 bits per heavy atom. The van der Waals surface area contributed by atoms with Crippen LogP contribution in [0.3, 0.4) is 0 Å². The molecule has 0 fully saturated rings. The Morgan fingerprint density at radius 1 is 1.59 bits per heavy atom. The van der Waals surface area contributed by atoms with Crippen molar-refractivity contribution in [3.63, 3.8) is 0 Å². The van der Waals surface area contributed by atoms with Crippen LogP contribution in [0.25, 0.3) is 0 Å². The number of nitrogens with one attached hydrogen (secondary N) is 2. The van der Waals surface area contributed by atoms with E-state index in [1.54, 1.807) is 32.5 Å². The van der Waals surface area contributed by atoms with Crippen LogP contribution in [0.1, 0.15) is 17.3 Å². The molecule has 0 aliphatic heterocycles. The lowest BCUT2D eigenvalue weighted by atomic mass is 10.2. The summed E-state index contributed by atoms with van der Waals surface area (Å²) in [5, 5.41) is 5.75. The predicted octanol–water partition coefficient (Wildman–Crippen LogP) is 1.14. The Balaban J connectivity index is 2.58. The fourth-order valence-corrected chi connectivity index (χ4v) is 1.49. The van der Waals surface area contributed by atoms with Crippen molar-refractivity contribution in [3.05, 3.63) is 23.9 Å². The number of carbonyl (C=O) groups is 1. The van der Waals surface area contributed by atoms with Crippen LogP contribution < -0.4 is 10.6 Å². The summed E-state index contributed by atoms with van der Waals surface area (Å²) in [7, 11) is 3.39. The second kappa shape index (κ2) is 6.85. The minimum atomic E-state index is -0.120. The molecule has 0 saturated carbocycles. The minimum absolute atomic E-state index is 0.120. The van der Waals surface area contributed by atoms with Gasteiger partial charge in [0, 0.05) is 26.9 Å². The normalized spacial score (nSPS) is 11.9. The Labute approximate surface area is 102 Å². The molecule has 5 heteroatoms. The average Bonchev–Trinajstić information content (AvgIpc) is 2.36. The summed E-state index contributed by atoms with van der Waals surface area (Å²) in [5.41, 5.74) is 0.555. The van der Waals surface area contributed by atoms with Gasteiger partial charge in [-0.05, 0) is 18.1 Å². The van der Waals surface area contributed by atoms with Gasteiger partial charge in [-0.25, -0.2) is 4.98 Å². The third-order valence-electron chi connectivity index (χ3n) is 2.35. The first-order valence-electron chi connectivity index (χ1n) is 5.59. The Morgan fingerprint density at radius 3 is 3.00 bits per heavy atom. The number of pyridine rings is 1. The van der Waals surface area contributed by atoms with Gasteiger partial charge in [-0.2, -0.15) is 0 Å². The first-order valence-corrected chi connectivity index (χ1v) is 5.59. The smallest absolute Gasteiger partial charge is 0.255 e. The molecule has 1 aromatic rings. The summed E-state index contributed by atoms with van der Waals surface area (Å²) in [6.45, 7) is 3.24. The highest BCUT2D eigenvalue weighted by molar-refractivity contribution is 5.98. The van der Waals surface area contributed by atoms with Crippen molar-refractivity contribution in [1.82, 2.24) is 10.3 Å². The number of carbonyl (C=O) groups excluding carboxylic acids is 1. The van der Waals surface area contributed by atoms with E-state index in [1.165, 1.54) is 0 Å². The number of amides is 1. The van der Waals surface area contributed by atoms with E-state index in [4.69, 9.17) is 4.74 Å². The zero-order chi connectivity index (χ0) is 12.7. The number of nitrogens with zero attached hydrogens (tertiary/aromatic N) is 1. The lowest BCUT2D eigenvalue weighted by Crippen LogP contribution is -2.30. The van der Waals surface area contributed by atoms with E-state index in [2.05, 4.69) is 15.6 Å². The van der Waals surface area contributed by atoms with Crippen LogP contribution in [-0.2, 0) is 4.74 Å². The lowest BCUT2D eigenvalue weighted by Gasteiger charge is -2.12. The summed E-state index contributed by atoms with van der Waals surface area (Å²) in [4.78, 5) is 16.0. The molecule has 1 atom stereocenters. The monoisotopic (exact) mass is 237 g/mol. The molecule has 0 saturated heterocycles. The molecule has 0 aliphatic carbocycles. The quantitative estimate of drug-likeness (QED) is 0.778. The van der Waals surface area contributed by atoms with Gasteiger partial charge in [-0.3, -0.25) is 4.79 Å². The molecule has 1 unspecified atom stereocenters. The summed E-state index contributed by atoms with van der Waals surface area (Å²) in [5.74, 6) is 0.758. The second-order valence-corrected chi connectivity index (χ2v) is 3.92. The van der Waals surface area contributed by atoms with Crippen LogP contribution >= 0.6 is 0 Å². The van der Waals surface area contributed by atoms with Gasteiger partial charge >= 0.3 is 0 Å². The molecule has 1 aromatic heterocycles. The van der Waals surface area contributed by atoms with Crippen LogP contribution in [0.4, 0.5) is 5.82 Å².